The molecule has 1 aromatic heterocycles. The van der Waals surface area contributed by atoms with Gasteiger partial charge in [-0.1, -0.05) is 37.3 Å². The number of thiazole rings is 1. The van der Waals surface area contributed by atoms with Crippen LogP contribution in [0, 0.1) is 0 Å². The summed E-state index contributed by atoms with van der Waals surface area (Å²) in [4.78, 5) is 18.7. The summed E-state index contributed by atoms with van der Waals surface area (Å²) in [7, 11) is 0. The molecule has 2 aliphatic rings. The first-order chi connectivity index (χ1) is 10.2. The van der Waals surface area contributed by atoms with Crippen molar-refractivity contribution in [3.8, 4) is 0 Å². The lowest BCUT2D eigenvalue weighted by molar-refractivity contribution is 0.218. The van der Waals surface area contributed by atoms with Crippen LogP contribution in [0.1, 0.15) is 50.1 Å². The first-order valence-corrected chi connectivity index (χ1v) is 8.92. The molecule has 21 heavy (non-hydrogen) atoms. The molecule has 0 bridgehead atoms. The summed E-state index contributed by atoms with van der Waals surface area (Å²) in [5.41, 5.74) is 3.93. The van der Waals surface area contributed by atoms with Gasteiger partial charge >= 0.3 is 4.87 Å². The molecule has 1 atom stereocenters. The van der Waals surface area contributed by atoms with Gasteiger partial charge in [0.15, 0.2) is 0 Å². The number of allylic oxidation sites excluding steroid dienone is 2. The van der Waals surface area contributed by atoms with Crippen LogP contribution in [0.25, 0.3) is 5.57 Å². The van der Waals surface area contributed by atoms with E-state index in [1.165, 1.54) is 34.6 Å². The summed E-state index contributed by atoms with van der Waals surface area (Å²) in [6.45, 7) is 6.84. The van der Waals surface area contributed by atoms with Gasteiger partial charge in [0.1, 0.15) is 0 Å². The lowest BCUT2D eigenvalue weighted by atomic mass is 9.83. The molecular weight excluding hydrogens is 280 g/mol. The Labute approximate surface area is 130 Å². The van der Waals surface area contributed by atoms with Gasteiger partial charge in [-0.2, -0.15) is 0 Å². The molecule has 0 spiro atoms. The van der Waals surface area contributed by atoms with E-state index in [-0.39, 0.29) is 4.87 Å². The third-order valence-electron chi connectivity index (χ3n) is 4.47. The average molecular weight is 304 g/mol. The molecule has 0 unspecified atom stereocenters. The molecule has 1 N–H and O–H groups in total. The van der Waals surface area contributed by atoms with E-state index in [9.17, 15) is 4.79 Å². The second-order valence-corrected chi connectivity index (χ2v) is 7.01. The van der Waals surface area contributed by atoms with Crippen LogP contribution in [0.4, 0.5) is 0 Å². The number of rotatable bonds is 5. The van der Waals surface area contributed by atoms with Gasteiger partial charge in [0.05, 0.1) is 5.69 Å². The fraction of sp³-hybridized carbons (Fsp3) is 0.588. The van der Waals surface area contributed by atoms with E-state index in [2.05, 4.69) is 35.9 Å². The average Bonchev–Trinajstić information content (AvgIpc) is 2.87. The Balaban J connectivity index is 1.97. The Morgan fingerprint density at radius 3 is 2.76 bits per heavy atom. The molecule has 0 radical (unpaired) electrons. The van der Waals surface area contributed by atoms with Crippen LogP contribution in [0.2, 0.25) is 0 Å². The molecule has 0 aromatic carbocycles. The van der Waals surface area contributed by atoms with Crippen molar-refractivity contribution in [2.45, 2.75) is 52.0 Å². The number of H-pyrrole nitrogens is 1. The molecule has 1 heterocycles. The molecule has 3 rings (SSSR count). The maximum atomic E-state index is 11.7. The summed E-state index contributed by atoms with van der Waals surface area (Å²) in [5.74, 6) is 0. The summed E-state index contributed by atoms with van der Waals surface area (Å²) in [6, 6.07) is 0.529. The van der Waals surface area contributed by atoms with Crippen molar-refractivity contribution >= 4 is 16.9 Å². The Morgan fingerprint density at radius 1 is 1.29 bits per heavy atom. The smallest absolute Gasteiger partial charge is 0.305 e. The van der Waals surface area contributed by atoms with Crippen LogP contribution < -0.4 is 4.87 Å². The molecular formula is C17H24N2OS. The number of hydrogen-bond acceptors (Lipinski definition) is 3. The van der Waals surface area contributed by atoms with Crippen LogP contribution in [0.3, 0.4) is 0 Å². The SMILES string of the molecule is CCCN(CCC)[C@H]1CC=CC2=C1CCc1sc(=O)[nH]c12. The van der Waals surface area contributed by atoms with Gasteiger partial charge in [0.25, 0.3) is 0 Å². The Morgan fingerprint density at radius 2 is 2.05 bits per heavy atom. The summed E-state index contributed by atoms with van der Waals surface area (Å²) >= 11 is 1.38. The van der Waals surface area contributed by atoms with E-state index >= 15 is 0 Å². The minimum absolute atomic E-state index is 0.0863. The van der Waals surface area contributed by atoms with E-state index in [1.54, 1.807) is 5.57 Å². The van der Waals surface area contributed by atoms with Crippen molar-refractivity contribution in [2.75, 3.05) is 13.1 Å². The molecule has 0 aliphatic heterocycles. The van der Waals surface area contributed by atoms with Crippen molar-refractivity contribution in [3.05, 3.63) is 38.0 Å². The van der Waals surface area contributed by atoms with Crippen LogP contribution >= 0.6 is 11.3 Å². The maximum absolute atomic E-state index is 11.7. The van der Waals surface area contributed by atoms with Crippen molar-refractivity contribution in [1.29, 1.82) is 0 Å². The van der Waals surface area contributed by atoms with E-state index < -0.39 is 0 Å². The monoisotopic (exact) mass is 304 g/mol. The number of aromatic nitrogens is 1. The van der Waals surface area contributed by atoms with E-state index in [0.717, 1.165) is 38.0 Å². The van der Waals surface area contributed by atoms with Crippen molar-refractivity contribution in [2.24, 2.45) is 0 Å². The standard InChI is InChI=1S/C17H24N2OS/c1-3-10-19(11-4-2)14-7-5-6-13-12(14)8-9-15-16(13)18-17(20)21-15/h5-6,14H,3-4,7-11H2,1-2H3,(H,18,20)/t14-/m0/s1. The predicted octanol–water partition coefficient (Wildman–Crippen LogP) is 3.59. The first-order valence-electron chi connectivity index (χ1n) is 8.10. The summed E-state index contributed by atoms with van der Waals surface area (Å²) in [6.07, 6.45) is 10.1. The highest BCUT2D eigenvalue weighted by atomic mass is 32.1. The van der Waals surface area contributed by atoms with E-state index in [1.807, 2.05) is 0 Å². The molecule has 2 aliphatic carbocycles. The quantitative estimate of drug-likeness (QED) is 0.902. The van der Waals surface area contributed by atoms with E-state index in [4.69, 9.17) is 0 Å². The highest BCUT2D eigenvalue weighted by molar-refractivity contribution is 7.09. The van der Waals surface area contributed by atoms with Gasteiger partial charge in [-0.05, 0) is 56.3 Å². The zero-order chi connectivity index (χ0) is 14.8. The zero-order valence-corrected chi connectivity index (χ0v) is 13.8. The number of hydrogen-bond donors (Lipinski definition) is 1. The fourth-order valence-corrected chi connectivity index (χ4v) is 4.50. The Hall–Kier alpha value is -1.13. The topological polar surface area (TPSA) is 36.1 Å². The van der Waals surface area contributed by atoms with Gasteiger partial charge in [0, 0.05) is 10.9 Å². The van der Waals surface area contributed by atoms with Gasteiger partial charge < -0.3 is 4.98 Å². The summed E-state index contributed by atoms with van der Waals surface area (Å²) < 4.78 is 0. The number of nitrogens with one attached hydrogen (secondary N) is 1. The molecule has 1 aromatic rings. The molecule has 3 nitrogen and oxygen atoms in total. The third kappa shape index (κ3) is 2.79. The lowest BCUT2D eigenvalue weighted by Gasteiger charge is -2.37. The van der Waals surface area contributed by atoms with E-state index in [0.29, 0.717) is 6.04 Å². The highest BCUT2D eigenvalue weighted by Gasteiger charge is 2.30. The van der Waals surface area contributed by atoms with Gasteiger partial charge in [-0.15, -0.1) is 0 Å². The van der Waals surface area contributed by atoms with Gasteiger partial charge in [0.2, 0.25) is 0 Å². The number of fused-ring (bicyclic) bond motifs is 2. The van der Waals surface area contributed by atoms with Gasteiger partial charge in [-0.25, -0.2) is 0 Å². The zero-order valence-electron chi connectivity index (χ0n) is 12.9. The number of aryl methyl sites for hydroxylation is 1. The minimum atomic E-state index is 0.0863. The molecule has 0 saturated heterocycles. The fourth-order valence-electron chi connectivity index (χ4n) is 3.66. The normalized spacial score (nSPS) is 20.8. The lowest BCUT2D eigenvalue weighted by Crippen LogP contribution is -2.39. The van der Waals surface area contributed by atoms with Crippen molar-refractivity contribution in [1.82, 2.24) is 9.88 Å². The molecule has 114 valence electrons. The van der Waals surface area contributed by atoms with Crippen LogP contribution in [0.5, 0.6) is 0 Å². The Kier molecular flexibility index (Phi) is 4.45. The number of aromatic amines is 1. The Bertz CT molecular complexity index is 617. The minimum Gasteiger partial charge on any atom is -0.312 e. The van der Waals surface area contributed by atoms with Crippen molar-refractivity contribution in [3.63, 3.8) is 0 Å². The summed E-state index contributed by atoms with van der Waals surface area (Å²) in [5, 5.41) is 0. The highest BCUT2D eigenvalue weighted by Crippen LogP contribution is 2.38. The van der Waals surface area contributed by atoms with Crippen LogP contribution in [0.15, 0.2) is 22.5 Å². The number of nitrogens with zero attached hydrogens (tertiary/aromatic N) is 1. The van der Waals surface area contributed by atoms with Gasteiger partial charge in [-0.3, -0.25) is 9.69 Å². The van der Waals surface area contributed by atoms with Crippen molar-refractivity contribution < 1.29 is 0 Å². The maximum Gasteiger partial charge on any atom is 0.305 e. The molecule has 0 fully saturated rings. The first kappa shape index (κ1) is 14.8. The molecule has 0 saturated carbocycles. The third-order valence-corrected chi connectivity index (χ3v) is 5.41. The van der Waals surface area contributed by atoms with Crippen LogP contribution in [-0.2, 0) is 6.42 Å². The van der Waals surface area contributed by atoms with Crippen LogP contribution in [-0.4, -0.2) is 29.0 Å². The molecule has 0 amide bonds. The second kappa shape index (κ2) is 6.32. The molecule has 4 heteroatoms. The predicted molar refractivity (Wildman–Crippen MR) is 89.9 cm³/mol. The largest absolute Gasteiger partial charge is 0.312 e. The second-order valence-electron chi connectivity index (χ2n) is 5.94.